The molecule has 24 heavy (non-hydrogen) atoms. The molecular weight excluding hydrogens is 304 g/mol. The first-order chi connectivity index (χ1) is 11.6. The Labute approximate surface area is 139 Å². The fraction of sp³-hybridized carbons (Fsp3) is 0.167. The molecule has 0 aliphatic carbocycles. The van der Waals surface area contributed by atoms with Crippen molar-refractivity contribution in [2.24, 2.45) is 0 Å². The first-order valence-corrected chi connectivity index (χ1v) is 7.68. The summed E-state index contributed by atoms with van der Waals surface area (Å²) in [5, 5.41) is 13.3. The Kier molecular flexibility index (Phi) is 3.13. The summed E-state index contributed by atoms with van der Waals surface area (Å²) < 4.78 is 1.63. The quantitative estimate of drug-likeness (QED) is 0.785. The van der Waals surface area contributed by atoms with Gasteiger partial charge in [-0.15, -0.1) is 5.10 Å². The van der Waals surface area contributed by atoms with E-state index in [9.17, 15) is 9.90 Å². The fourth-order valence-electron chi connectivity index (χ4n) is 3.07. The number of rotatable bonds is 2. The van der Waals surface area contributed by atoms with Crippen molar-refractivity contribution >= 4 is 17.3 Å². The molecule has 0 radical (unpaired) electrons. The molecule has 2 aromatic carbocycles. The molecular formula is C18H16N4O2. The number of carboxylic acids is 1. The Bertz CT molecular complexity index is 961. The van der Waals surface area contributed by atoms with Crippen LogP contribution in [0, 0.1) is 13.8 Å². The van der Waals surface area contributed by atoms with E-state index in [2.05, 4.69) is 41.0 Å². The van der Waals surface area contributed by atoms with Crippen LogP contribution in [-0.2, 0) is 6.54 Å². The average molecular weight is 320 g/mol. The van der Waals surface area contributed by atoms with Gasteiger partial charge >= 0.3 is 5.97 Å². The molecule has 1 N–H and O–H groups in total. The third-order valence-corrected chi connectivity index (χ3v) is 4.43. The van der Waals surface area contributed by atoms with Crippen LogP contribution in [0.25, 0.3) is 5.69 Å². The Morgan fingerprint density at radius 3 is 2.50 bits per heavy atom. The van der Waals surface area contributed by atoms with Gasteiger partial charge < -0.3 is 10.0 Å². The Morgan fingerprint density at radius 2 is 1.75 bits per heavy atom. The van der Waals surface area contributed by atoms with Crippen LogP contribution in [0.1, 0.15) is 27.6 Å². The third kappa shape index (κ3) is 2.07. The zero-order valence-electron chi connectivity index (χ0n) is 13.4. The van der Waals surface area contributed by atoms with Gasteiger partial charge in [-0.05, 0) is 43.2 Å². The number of anilines is 2. The van der Waals surface area contributed by atoms with E-state index in [0.717, 1.165) is 17.1 Å². The number of hydrogen-bond donors (Lipinski definition) is 1. The first kappa shape index (κ1) is 14.4. The van der Waals surface area contributed by atoms with Crippen LogP contribution in [-0.4, -0.2) is 25.8 Å². The van der Waals surface area contributed by atoms with Gasteiger partial charge in [0.05, 0.1) is 17.9 Å². The van der Waals surface area contributed by atoms with Crippen LogP contribution in [0.3, 0.4) is 0 Å². The van der Waals surface area contributed by atoms with Crippen molar-refractivity contribution in [3.8, 4) is 5.69 Å². The number of benzene rings is 2. The smallest absolute Gasteiger partial charge is 0.375 e. The lowest BCUT2D eigenvalue weighted by Crippen LogP contribution is -2.26. The van der Waals surface area contributed by atoms with Crippen LogP contribution < -0.4 is 4.90 Å². The minimum atomic E-state index is -1.12. The molecule has 0 atom stereocenters. The van der Waals surface area contributed by atoms with Crippen molar-refractivity contribution in [2.75, 3.05) is 4.90 Å². The molecule has 2 heterocycles. The van der Waals surface area contributed by atoms with Crippen LogP contribution in [0.2, 0.25) is 0 Å². The number of hydrogen-bond acceptors (Lipinski definition) is 4. The zero-order valence-corrected chi connectivity index (χ0v) is 13.4. The minimum Gasteiger partial charge on any atom is -0.475 e. The van der Waals surface area contributed by atoms with Crippen molar-refractivity contribution in [1.29, 1.82) is 0 Å². The van der Waals surface area contributed by atoms with Gasteiger partial charge in [-0.25, -0.2) is 14.5 Å². The molecule has 0 amide bonds. The predicted octanol–water partition coefficient (Wildman–Crippen LogP) is 3.23. The molecule has 3 aromatic rings. The molecule has 1 aromatic heterocycles. The molecule has 1 aliphatic rings. The minimum absolute atomic E-state index is 0.178. The van der Waals surface area contributed by atoms with E-state index in [4.69, 9.17) is 0 Å². The summed E-state index contributed by atoms with van der Waals surface area (Å²) in [5.41, 5.74) is 5.32. The number of fused-ring (bicyclic) bond motifs is 3. The van der Waals surface area contributed by atoms with E-state index in [1.807, 2.05) is 30.3 Å². The van der Waals surface area contributed by atoms with Gasteiger partial charge in [0.15, 0.2) is 5.82 Å². The number of aromatic carboxylic acids is 1. The summed E-state index contributed by atoms with van der Waals surface area (Å²) in [4.78, 5) is 17.6. The molecule has 0 fully saturated rings. The van der Waals surface area contributed by atoms with Gasteiger partial charge in [0.2, 0.25) is 0 Å². The average Bonchev–Trinajstić information content (AvgIpc) is 3.01. The predicted molar refractivity (Wildman–Crippen MR) is 90.1 cm³/mol. The van der Waals surface area contributed by atoms with E-state index in [-0.39, 0.29) is 5.82 Å². The molecule has 0 saturated carbocycles. The van der Waals surface area contributed by atoms with Gasteiger partial charge in [0.25, 0.3) is 5.82 Å². The van der Waals surface area contributed by atoms with Gasteiger partial charge in [-0.1, -0.05) is 24.3 Å². The zero-order chi connectivity index (χ0) is 16.8. The summed E-state index contributed by atoms with van der Waals surface area (Å²) in [6.45, 7) is 4.65. The lowest BCUT2D eigenvalue weighted by molar-refractivity contribution is 0.0683. The molecule has 120 valence electrons. The van der Waals surface area contributed by atoms with Crippen LogP contribution >= 0.6 is 0 Å². The number of aromatic nitrogens is 3. The van der Waals surface area contributed by atoms with Gasteiger partial charge in [0.1, 0.15) is 0 Å². The Hall–Kier alpha value is -3.15. The number of carbonyl (C=O) groups is 1. The highest BCUT2D eigenvalue weighted by atomic mass is 16.4. The molecule has 0 bridgehead atoms. The highest BCUT2D eigenvalue weighted by Gasteiger charge is 2.28. The molecule has 6 heteroatoms. The number of para-hydroxylation sites is 2. The van der Waals surface area contributed by atoms with Crippen LogP contribution in [0.15, 0.2) is 42.5 Å². The Morgan fingerprint density at radius 1 is 1.04 bits per heavy atom. The molecule has 0 saturated heterocycles. The summed E-state index contributed by atoms with van der Waals surface area (Å²) >= 11 is 0. The van der Waals surface area contributed by atoms with Crippen LogP contribution in [0.5, 0.6) is 0 Å². The number of carboxylic acid groups (broad SMARTS) is 1. The second-order valence-corrected chi connectivity index (χ2v) is 5.86. The Balaban J connectivity index is 1.92. The summed E-state index contributed by atoms with van der Waals surface area (Å²) in [7, 11) is 0. The molecule has 0 unspecified atom stereocenters. The third-order valence-electron chi connectivity index (χ3n) is 4.43. The normalized spacial score (nSPS) is 12.7. The standard InChI is InChI=1S/C18H16N4O2/c1-11-6-5-9-13(12(11)2)21-10-16-19-17(18(23)24)20-22(16)15-8-4-3-7-14(15)21/h3-9H,10H2,1-2H3,(H,23,24). The number of aryl methyl sites for hydroxylation is 1. The monoisotopic (exact) mass is 320 g/mol. The van der Waals surface area contributed by atoms with E-state index in [1.54, 1.807) is 4.68 Å². The van der Waals surface area contributed by atoms with Crippen molar-refractivity contribution < 1.29 is 9.90 Å². The molecule has 1 aliphatic heterocycles. The van der Waals surface area contributed by atoms with Crippen LogP contribution in [0.4, 0.5) is 11.4 Å². The summed E-state index contributed by atoms with van der Waals surface area (Å²) in [6, 6.07) is 14.0. The van der Waals surface area contributed by atoms with Crippen molar-refractivity contribution in [1.82, 2.24) is 14.8 Å². The van der Waals surface area contributed by atoms with E-state index < -0.39 is 5.97 Å². The lowest BCUT2D eigenvalue weighted by Gasteiger charge is -2.32. The maximum Gasteiger partial charge on any atom is 0.375 e. The summed E-state index contributed by atoms with van der Waals surface area (Å²) in [5.74, 6) is -0.678. The van der Waals surface area contributed by atoms with Crippen molar-refractivity contribution in [3.63, 3.8) is 0 Å². The molecule has 0 spiro atoms. The SMILES string of the molecule is Cc1cccc(N2Cc3nc(C(=O)O)nn3-c3ccccc32)c1C. The van der Waals surface area contributed by atoms with Gasteiger partial charge in [-0.2, -0.15) is 0 Å². The van der Waals surface area contributed by atoms with E-state index in [0.29, 0.717) is 12.4 Å². The van der Waals surface area contributed by atoms with Crippen molar-refractivity contribution in [2.45, 2.75) is 20.4 Å². The van der Waals surface area contributed by atoms with Crippen molar-refractivity contribution in [3.05, 3.63) is 65.2 Å². The fourth-order valence-corrected chi connectivity index (χ4v) is 3.07. The lowest BCUT2D eigenvalue weighted by atomic mass is 10.1. The van der Waals surface area contributed by atoms with Gasteiger partial charge in [0, 0.05) is 5.69 Å². The van der Waals surface area contributed by atoms with E-state index >= 15 is 0 Å². The maximum atomic E-state index is 11.2. The highest BCUT2D eigenvalue weighted by Crippen LogP contribution is 2.38. The topological polar surface area (TPSA) is 71.2 Å². The largest absolute Gasteiger partial charge is 0.475 e. The second kappa shape index (κ2) is 5.19. The second-order valence-electron chi connectivity index (χ2n) is 5.86. The highest BCUT2D eigenvalue weighted by molar-refractivity contribution is 5.83. The number of nitrogens with zero attached hydrogens (tertiary/aromatic N) is 4. The maximum absolute atomic E-state index is 11.2. The molecule has 6 nitrogen and oxygen atoms in total. The van der Waals surface area contributed by atoms with Gasteiger partial charge in [-0.3, -0.25) is 0 Å². The molecule has 4 rings (SSSR count). The summed E-state index contributed by atoms with van der Waals surface area (Å²) in [6.07, 6.45) is 0. The first-order valence-electron chi connectivity index (χ1n) is 7.68. The van der Waals surface area contributed by atoms with E-state index in [1.165, 1.54) is 11.1 Å².